The molecule has 8 heteroatoms. The van der Waals surface area contributed by atoms with Crippen molar-refractivity contribution in [3.63, 3.8) is 0 Å². The average molecular weight is 505 g/mol. The molecule has 0 spiro atoms. The third-order valence-corrected chi connectivity index (χ3v) is 6.45. The zero-order valence-electron chi connectivity index (χ0n) is 11.9. The molecule has 0 aliphatic carbocycles. The molecule has 5 nitrogen and oxygen atoms in total. The van der Waals surface area contributed by atoms with E-state index < -0.39 is 11.9 Å². The van der Waals surface area contributed by atoms with Crippen molar-refractivity contribution in [2.45, 2.75) is 19.4 Å². The molecule has 0 N–H and O–H groups in total. The minimum Gasteiger partial charge on any atom is -0.466 e. The van der Waals surface area contributed by atoms with E-state index in [2.05, 4.69) is 47.8 Å². The van der Waals surface area contributed by atoms with Crippen LogP contribution in [0.4, 0.5) is 0 Å². The van der Waals surface area contributed by atoms with Crippen molar-refractivity contribution in [1.82, 2.24) is 0 Å². The minimum atomic E-state index is -0.457. The van der Waals surface area contributed by atoms with Gasteiger partial charge in [0, 0.05) is 21.4 Å². The van der Waals surface area contributed by atoms with E-state index in [4.69, 9.17) is 13.9 Å². The maximum absolute atomic E-state index is 11.7. The molecule has 1 aromatic heterocycles. The summed E-state index contributed by atoms with van der Waals surface area (Å²) in [5.41, 5.74) is -0.199. The molecular formula is C14H17Br3O5. The van der Waals surface area contributed by atoms with Crippen molar-refractivity contribution in [2.24, 2.45) is 5.41 Å². The second kappa shape index (κ2) is 10.4. The largest absolute Gasteiger partial charge is 0.466 e. The van der Waals surface area contributed by atoms with E-state index in [1.807, 2.05) is 0 Å². The highest BCUT2D eigenvalue weighted by atomic mass is 79.9. The van der Waals surface area contributed by atoms with Crippen LogP contribution in [0.5, 0.6) is 0 Å². The molecule has 0 fully saturated rings. The first-order valence-corrected chi connectivity index (χ1v) is 9.93. The molecule has 1 heterocycles. The zero-order valence-corrected chi connectivity index (χ0v) is 16.6. The molecule has 0 aliphatic rings. The molecule has 0 bridgehead atoms. The Morgan fingerprint density at radius 3 is 2.14 bits per heavy atom. The highest BCUT2D eigenvalue weighted by molar-refractivity contribution is 9.10. The molecule has 1 aromatic rings. The van der Waals surface area contributed by atoms with Gasteiger partial charge in [0.25, 0.3) is 0 Å². The van der Waals surface area contributed by atoms with Crippen LogP contribution in [0.15, 0.2) is 22.8 Å². The Kier molecular flexibility index (Phi) is 9.35. The van der Waals surface area contributed by atoms with Crippen LogP contribution < -0.4 is 0 Å². The summed E-state index contributed by atoms with van der Waals surface area (Å²) in [5, 5.41) is 2.07. The number of halogens is 3. The summed E-state index contributed by atoms with van der Waals surface area (Å²) in [7, 11) is 0. The van der Waals surface area contributed by atoms with E-state index in [0.717, 1.165) is 0 Å². The topological polar surface area (TPSA) is 65.7 Å². The van der Waals surface area contributed by atoms with Crippen LogP contribution >= 0.6 is 47.8 Å². The molecule has 0 saturated carbocycles. The summed E-state index contributed by atoms with van der Waals surface area (Å²) >= 11 is 10.2. The fourth-order valence-corrected chi connectivity index (χ4v) is 4.62. The molecule has 22 heavy (non-hydrogen) atoms. The van der Waals surface area contributed by atoms with Crippen molar-refractivity contribution in [2.75, 3.05) is 22.6 Å². The highest BCUT2D eigenvalue weighted by Gasteiger charge is 2.28. The Labute approximate surface area is 154 Å². The number of furan rings is 1. The molecule has 0 radical (unpaired) electrons. The monoisotopic (exact) mass is 502 g/mol. The molecular weight excluding hydrogens is 488 g/mol. The smallest absolute Gasteiger partial charge is 0.306 e. The Morgan fingerprint density at radius 2 is 1.64 bits per heavy atom. The molecule has 1 rings (SSSR count). The van der Waals surface area contributed by atoms with Crippen molar-refractivity contribution < 1.29 is 23.5 Å². The predicted molar refractivity (Wildman–Crippen MR) is 92.5 cm³/mol. The first-order valence-electron chi connectivity index (χ1n) is 6.57. The van der Waals surface area contributed by atoms with E-state index >= 15 is 0 Å². The van der Waals surface area contributed by atoms with E-state index in [0.29, 0.717) is 21.8 Å². The Hall–Kier alpha value is -0.340. The maximum atomic E-state index is 11.7. The van der Waals surface area contributed by atoms with Gasteiger partial charge in [0.2, 0.25) is 0 Å². The third-order valence-electron chi connectivity index (χ3n) is 2.88. The number of hydrogen-bond acceptors (Lipinski definition) is 5. The van der Waals surface area contributed by atoms with Gasteiger partial charge in [0.05, 0.1) is 25.7 Å². The van der Waals surface area contributed by atoms with Crippen LogP contribution in [0.3, 0.4) is 0 Å². The number of alkyl halides is 3. The Bertz CT molecular complexity index is 449. The summed E-state index contributed by atoms with van der Waals surface area (Å²) in [6, 6.07) is 3.42. The van der Waals surface area contributed by atoms with E-state index in [9.17, 15) is 9.59 Å². The van der Waals surface area contributed by atoms with Gasteiger partial charge in [-0.1, -0.05) is 47.8 Å². The lowest BCUT2D eigenvalue weighted by Crippen LogP contribution is -2.33. The molecule has 0 amide bonds. The SMILES string of the molecule is O=C(CCC(=O)OCC(CBr)(CBr)CBr)OCc1ccco1. The number of esters is 2. The number of rotatable bonds is 10. The standard InChI is InChI=1S/C14H17Br3O5/c15-7-14(8-16,9-17)10-22-13(19)4-3-12(18)21-6-11-2-1-5-20-11/h1-2,5H,3-4,6-10H2. The van der Waals surface area contributed by atoms with Crippen molar-refractivity contribution in [1.29, 1.82) is 0 Å². The first kappa shape index (κ1) is 19.7. The van der Waals surface area contributed by atoms with Gasteiger partial charge in [-0.3, -0.25) is 9.59 Å². The quantitative estimate of drug-likeness (QED) is 0.358. The normalized spacial score (nSPS) is 11.2. The van der Waals surface area contributed by atoms with Gasteiger partial charge in [-0.2, -0.15) is 0 Å². The number of hydrogen-bond donors (Lipinski definition) is 0. The highest BCUT2D eigenvalue weighted by Crippen LogP contribution is 2.26. The fraction of sp³-hybridized carbons (Fsp3) is 0.571. The maximum Gasteiger partial charge on any atom is 0.306 e. The molecule has 0 saturated heterocycles. The summed E-state index contributed by atoms with van der Waals surface area (Å²) < 4.78 is 15.2. The Morgan fingerprint density at radius 1 is 1.05 bits per heavy atom. The lowest BCUT2D eigenvalue weighted by atomic mass is 9.98. The molecule has 0 aliphatic heterocycles. The van der Waals surface area contributed by atoms with E-state index in [1.54, 1.807) is 12.1 Å². The Balaban J connectivity index is 2.23. The van der Waals surface area contributed by atoms with Crippen molar-refractivity contribution in [3.05, 3.63) is 24.2 Å². The summed E-state index contributed by atoms with van der Waals surface area (Å²) in [4.78, 5) is 23.2. The zero-order chi connectivity index (χ0) is 16.4. The van der Waals surface area contributed by atoms with Gasteiger partial charge >= 0.3 is 11.9 Å². The van der Waals surface area contributed by atoms with Gasteiger partial charge in [-0.05, 0) is 12.1 Å². The van der Waals surface area contributed by atoms with Crippen LogP contribution in [-0.4, -0.2) is 34.5 Å². The van der Waals surface area contributed by atoms with Crippen molar-refractivity contribution >= 4 is 59.7 Å². The van der Waals surface area contributed by atoms with Gasteiger partial charge in [-0.15, -0.1) is 0 Å². The number of ether oxygens (including phenoxy) is 2. The van der Waals surface area contributed by atoms with Crippen LogP contribution in [-0.2, 0) is 25.7 Å². The molecule has 0 aromatic carbocycles. The van der Waals surface area contributed by atoms with Gasteiger partial charge in [0.1, 0.15) is 12.4 Å². The minimum absolute atomic E-state index is 0.0000742. The van der Waals surface area contributed by atoms with E-state index in [-0.39, 0.29) is 31.5 Å². The average Bonchev–Trinajstić information content (AvgIpc) is 3.06. The van der Waals surface area contributed by atoms with Crippen LogP contribution in [0, 0.1) is 5.41 Å². The number of carbonyl (C=O) groups is 2. The fourth-order valence-electron chi connectivity index (χ4n) is 1.35. The predicted octanol–water partition coefficient (Wildman–Crippen LogP) is 3.82. The molecule has 0 atom stereocenters. The van der Waals surface area contributed by atoms with E-state index in [1.165, 1.54) is 6.26 Å². The second-order valence-electron chi connectivity index (χ2n) is 4.80. The van der Waals surface area contributed by atoms with Gasteiger partial charge in [-0.25, -0.2) is 0 Å². The van der Waals surface area contributed by atoms with Crippen LogP contribution in [0.25, 0.3) is 0 Å². The summed E-state index contributed by atoms with van der Waals surface area (Å²) in [5.74, 6) is -0.309. The van der Waals surface area contributed by atoms with Gasteiger partial charge < -0.3 is 13.9 Å². The van der Waals surface area contributed by atoms with Crippen molar-refractivity contribution in [3.8, 4) is 0 Å². The first-order chi connectivity index (χ1) is 10.5. The van der Waals surface area contributed by atoms with Crippen LogP contribution in [0.1, 0.15) is 18.6 Å². The number of carbonyl (C=O) groups excluding carboxylic acids is 2. The summed E-state index contributed by atoms with van der Waals surface area (Å²) in [6.07, 6.45) is 1.49. The lowest BCUT2D eigenvalue weighted by molar-refractivity contribution is -0.152. The van der Waals surface area contributed by atoms with Gasteiger partial charge in [0.15, 0.2) is 0 Å². The third kappa shape index (κ3) is 6.83. The van der Waals surface area contributed by atoms with Crippen LogP contribution in [0.2, 0.25) is 0 Å². The lowest BCUT2D eigenvalue weighted by Gasteiger charge is -2.26. The second-order valence-corrected chi connectivity index (χ2v) is 6.48. The molecule has 0 unspecified atom stereocenters. The summed E-state index contributed by atoms with van der Waals surface area (Å²) in [6.45, 7) is 0.343. The molecule has 124 valence electrons.